The highest BCUT2D eigenvalue weighted by Gasteiger charge is 2.24. The number of benzene rings is 2. The van der Waals surface area contributed by atoms with E-state index in [1.165, 1.54) is 54.2 Å². The summed E-state index contributed by atoms with van der Waals surface area (Å²) in [5, 5.41) is 3.63. The van der Waals surface area contributed by atoms with E-state index in [1.54, 1.807) is 0 Å². The van der Waals surface area contributed by atoms with Crippen LogP contribution in [0.5, 0.6) is 0 Å². The Kier molecular flexibility index (Phi) is 4.07. The Morgan fingerprint density at radius 2 is 1.62 bits per heavy atom. The minimum Gasteiger partial charge on any atom is -0.355 e. The number of aryl methyl sites for hydroxylation is 2. The number of anilines is 2. The van der Waals surface area contributed by atoms with Crippen LogP contribution in [-0.2, 0) is 19.4 Å². The van der Waals surface area contributed by atoms with Gasteiger partial charge in [-0.25, -0.2) is 0 Å². The molecule has 1 saturated heterocycles. The molecule has 0 aliphatic carbocycles. The zero-order valence-corrected chi connectivity index (χ0v) is 14.9. The second-order valence-corrected chi connectivity index (χ2v) is 7.93. The van der Waals surface area contributed by atoms with Gasteiger partial charge in [-0.3, -0.25) is 4.90 Å². The van der Waals surface area contributed by atoms with E-state index in [-0.39, 0.29) is 0 Å². The number of quaternary nitrogens is 1. The first-order chi connectivity index (χ1) is 11.6. The topological polar surface area (TPSA) is 15.3 Å². The molecule has 1 N–H and O–H groups in total. The van der Waals surface area contributed by atoms with Crippen molar-refractivity contribution >= 4 is 11.4 Å². The monoisotopic (exact) mass is 322 g/mol. The quantitative estimate of drug-likeness (QED) is 0.852. The number of hydrogen-bond donors (Lipinski definition) is 1. The summed E-state index contributed by atoms with van der Waals surface area (Å²) >= 11 is 0. The number of rotatable bonds is 2. The average molecular weight is 322 g/mol. The molecule has 4 rings (SSSR count). The first-order valence-corrected chi connectivity index (χ1v) is 9.10. The predicted octanol–water partition coefficient (Wildman–Crippen LogP) is 3.42. The zero-order valence-electron chi connectivity index (χ0n) is 14.9. The Morgan fingerprint density at radius 1 is 0.917 bits per heavy atom. The predicted molar refractivity (Wildman–Crippen MR) is 101 cm³/mol. The molecule has 3 heteroatoms. The minimum absolute atomic E-state index is 1.08. The highest BCUT2D eigenvalue weighted by molar-refractivity contribution is 5.68. The van der Waals surface area contributed by atoms with Crippen LogP contribution in [-0.4, -0.2) is 49.7 Å². The van der Waals surface area contributed by atoms with Crippen LogP contribution in [0, 0.1) is 0 Å². The van der Waals surface area contributed by atoms with Crippen molar-refractivity contribution in [3.05, 3.63) is 59.2 Å². The molecule has 2 aromatic rings. The second-order valence-electron chi connectivity index (χ2n) is 7.93. The van der Waals surface area contributed by atoms with Crippen LogP contribution in [0.2, 0.25) is 0 Å². The van der Waals surface area contributed by atoms with Crippen molar-refractivity contribution < 1.29 is 4.48 Å². The van der Waals surface area contributed by atoms with E-state index in [4.69, 9.17) is 0 Å². The van der Waals surface area contributed by atoms with E-state index in [0.29, 0.717) is 0 Å². The lowest BCUT2D eigenvalue weighted by Gasteiger charge is -2.39. The average Bonchev–Trinajstić information content (AvgIpc) is 2.76. The molecular formula is C21H28N3+. The summed E-state index contributed by atoms with van der Waals surface area (Å²) < 4.78 is 1.16. The zero-order chi connectivity index (χ0) is 16.6. The summed E-state index contributed by atoms with van der Waals surface area (Å²) in [4.78, 5) is 2.60. The van der Waals surface area contributed by atoms with Crippen LogP contribution in [0.25, 0.3) is 0 Å². The lowest BCUT2D eigenvalue weighted by Crippen LogP contribution is -2.54. The molecule has 0 unspecified atom stereocenters. The first kappa shape index (κ1) is 15.7. The summed E-state index contributed by atoms with van der Waals surface area (Å²) in [5.74, 6) is 0. The van der Waals surface area contributed by atoms with Gasteiger partial charge in [0.05, 0.1) is 27.2 Å². The largest absolute Gasteiger partial charge is 0.355 e. The Labute approximate surface area is 145 Å². The van der Waals surface area contributed by atoms with Gasteiger partial charge < -0.3 is 9.80 Å². The molecule has 0 amide bonds. The molecule has 2 heterocycles. The van der Waals surface area contributed by atoms with Gasteiger partial charge in [0.25, 0.3) is 0 Å². The molecule has 126 valence electrons. The normalized spacial score (nSPS) is 19.8. The lowest BCUT2D eigenvalue weighted by molar-refractivity contribution is -0.894. The van der Waals surface area contributed by atoms with Crippen molar-refractivity contribution in [3.8, 4) is 0 Å². The van der Waals surface area contributed by atoms with Crippen LogP contribution in [0.1, 0.15) is 16.7 Å². The maximum absolute atomic E-state index is 3.63. The number of likely N-dealkylation sites (N-methyl/N-ethyl adjacent to an activating group) is 1. The number of para-hydroxylation sites is 1. The van der Waals surface area contributed by atoms with Gasteiger partial charge in [-0.1, -0.05) is 30.3 Å². The van der Waals surface area contributed by atoms with Gasteiger partial charge in [-0.05, 0) is 41.7 Å². The van der Waals surface area contributed by atoms with Gasteiger partial charge in [-0.2, -0.15) is 0 Å². The Balaban J connectivity index is 1.49. The van der Waals surface area contributed by atoms with Crippen LogP contribution >= 0.6 is 0 Å². The van der Waals surface area contributed by atoms with E-state index in [9.17, 15) is 0 Å². The molecule has 3 nitrogen and oxygen atoms in total. The molecule has 0 spiro atoms. The van der Waals surface area contributed by atoms with Crippen LogP contribution in [0.3, 0.4) is 0 Å². The molecule has 0 atom stereocenters. The van der Waals surface area contributed by atoms with E-state index in [0.717, 1.165) is 23.9 Å². The van der Waals surface area contributed by atoms with Gasteiger partial charge in [-0.15, -0.1) is 0 Å². The highest BCUT2D eigenvalue weighted by Crippen LogP contribution is 2.30. The van der Waals surface area contributed by atoms with Crippen LogP contribution in [0.4, 0.5) is 11.4 Å². The number of piperazine rings is 1. The van der Waals surface area contributed by atoms with E-state index in [1.807, 2.05) is 0 Å². The number of nitrogens with zero attached hydrogens (tertiary/aromatic N) is 2. The Bertz CT molecular complexity index is 726. The molecule has 24 heavy (non-hydrogen) atoms. The molecule has 2 aliphatic rings. The number of hydrogen-bond acceptors (Lipinski definition) is 2. The third-order valence-corrected chi connectivity index (χ3v) is 5.57. The summed E-state index contributed by atoms with van der Waals surface area (Å²) in [6.45, 7) is 5.99. The first-order valence-electron chi connectivity index (χ1n) is 9.10. The molecule has 0 saturated carbocycles. The molecule has 2 aliphatic heterocycles. The molecule has 0 aromatic heterocycles. The minimum atomic E-state index is 1.08. The van der Waals surface area contributed by atoms with Gasteiger partial charge in [0, 0.05) is 31.0 Å². The van der Waals surface area contributed by atoms with Crippen molar-refractivity contribution in [2.24, 2.45) is 0 Å². The van der Waals surface area contributed by atoms with Crippen molar-refractivity contribution in [3.63, 3.8) is 0 Å². The van der Waals surface area contributed by atoms with E-state index in [2.05, 4.69) is 66.8 Å². The molecular weight excluding hydrogens is 294 g/mol. The fourth-order valence-electron chi connectivity index (χ4n) is 3.81. The molecule has 2 aromatic carbocycles. The maximum Gasteiger partial charge on any atom is 0.0912 e. The third-order valence-electron chi connectivity index (χ3n) is 5.57. The van der Waals surface area contributed by atoms with E-state index < -0.39 is 0 Å². The number of fused-ring (bicyclic) bond motifs is 2. The molecule has 0 radical (unpaired) electrons. The summed E-state index contributed by atoms with van der Waals surface area (Å²) in [6, 6.07) is 15.7. The highest BCUT2D eigenvalue weighted by atomic mass is 15.4. The lowest BCUT2D eigenvalue weighted by atomic mass is 10.0. The summed E-state index contributed by atoms with van der Waals surface area (Å²) in [7, 11) is 4.67. The van der Waals surface area contributed by atoms with Gasteiger partial charge in [0.2, 0.25) is 0 Å². The van der Waals surface area contributed by atoms with Crippen molar-refractivity contribution in [1.29, 1.82) is 0 Å². The van der Waals surface area contributed by atoms with Crippen molar-refractivity contribution in [2.75, 3.05) is 45.6 Å². The van der Waals surface area contributed by atoms with Crippen LogP contribution < -0.4 is 5.32 Å². The SMILES string of the molecule is C[N+]1(C)CCN(Cc2ccc3c(c2)CCc2ccccc2N3)CC1. The van der Waals surface area contributed by atoms with Gasteiger partial charge in [0.1, 0.15) is 0 Å². The smallest absolute Gasteiger partial charge is 0.0912 e. The van der Waals surface area contributed by atoms with Gasteiger partial charge in [0.15, 0.2) is 0 Å². The fourth-order valence-corrected chi connectivity index (χ4v) is 3.81. The van der Waals surface area contributed by atoms with Gasteiger partial charge >= 0.3 is 0 Å². The third kappa shape index (κ3) is 3.33. The standard InChI is InChI=1S/C21H28N3/c1-24(2)13-11-23(12-14-24)16-17-7-10-21-19(15-17)9-8-18-5-3-4-6-20(18)22-21/h3-7,10,15,22H,8-9,11-14,16H2,1-2H3/q+1. The fraction of sp³-hybridized carbons (Fsp3) is 0.429. The summed E-state index contributed by atoms with van der Waals surface area (Å²) in [5.41, 5.74) is 6.87. The van der Waals surface area contributed by atoms with Crippen molar-refractivity contribution in [2.45, 2.75) is 19.4 Å². The van der Waals surface area contributed by atoms with Crippen LogP contribution in [0.15, 0.2) is 42.5 Å². The summed E-state index contributed by atoms with van der Waals surface area (Å²) in [6.07, 6.45) is 2.24. The number of nitrogens with one attached hydrogen (secondary N) is 1. The molecule has 0 bridgehead atoms. The van der Waals surface area contributed by atoms with Crippen molar-refractivity contribution in [1.82, 2.24) is 4.90 Å². The second kappa shape index (κ2) is 6.23. The Hall–Kier alpha value is -1.84. The van der Waals surface area contributed by atoms with E-state index >= 15 is 0 Å². The maximum atomic E-state index is 3.63. The Morgan fingerprint density at radius 3 is 2.46 bits per heavy atom. The molecule has 1 fully saturated rings.